The molecule has 0 bridgehead atoms. The van der Waals surface area contributed by atoms with E-state index in [2.05, 4.69) is 20.6 Å². The number of ether oxygens (including phenoxy) is 2. The Hall–Kier alpha value is -2.94. The first-order valence-corrected chi connectivity index (χ1v) is 10.0. The van der Waals surface area contributed by atoms with Crippen LogP contribution in [-0.4, -0.2) is 45.1 Å². The van der Waals surface area contributed by atoms with E-state index in [-0.39, 0.29) is 12.0 Å². The molecule has 0 aliphatic carbocycles. The summed E-state index contributed by atoms with van der Waals surface area (Å²) in [6.07, 6.45) is 3.21. The Morgan fingerprint density at radius 2 is 2.21 bits per heavy atom. The molecular weight excluding hydrogens is 378 g/mol. The standard InChI is InChI=1S/C19H21N5O3S/c1-13-18(28-12-21-13)7-4-8-20-19(25)15-10-24(23-22-15)9-14-11-26-16-5-2-3-6-17(16)27-14/h2-3,5-6,10,12,14H,4,7-9,11H2,1H3,(H,20,25). The van der Waals surface area contributed by atoms with Gasteiger partial charge in [-0.3, -0.25) is 4.79 Å². The molecule has 1 unspecified atom stereocenters. The van der Waals surface area contributed by atoms with E-state index in [9.17, 15) is 4.79 Å². The third-order valence-corrected chi connectivity index (χ3v) is 5.44. The number of hydrogen-bond donors (Lipinski definition) is 1. The molecule has 1 aliphatic heterocycles. The number of hydrogen-bond acceptors (Lipinski definition) is 7. The number of aryl methyl sites for hydroxylation is 2. The average Bonchev–Trinajstić information content (AvgIpc) is 3.34. The summed E-state index contributed by atoms with van der Waals surface area (Å²) in [6, 6.07) is 7.55. The first-order valence-electron chi connectivity index (χ1n) is 9.15. The number of fused-ring (bicyclic) bond motifs is 1. The molecule has 1 N–H and O–H groups in total. The number of nitrogens with zero attached hydrogens (tertiary/aromatic N) is 4. The van der Waals surface area contributed by atoms with E-state index >= 15 is 0 Å². The number of carbonyl (C=O) groups excluding carboxylic acids is 1. The highest BCUT2D eigenvalue weighted by atomic mass is 32.1. The molecule has 0 saturated carbocycles. The van der Waals surface area contributed by atoms with Crippen LogP contribution in [0.3, 0.4) is 0 Å². The van der Waals surface area contributed by atoms with Crippen LogP contribution in [0.2, 0.25) is 0 Å². The van der Waals surface area contributed by atoms with Gasteiger partial charge in [-0.25, -0.2) is 9.67 Å². The Morgan fingerprint density at radius 1 is 1.36 bits per heavy atom. The molecule has 0 saturated heterocycles. The average molecular weight is 399 g/mol. The molecule has 8 nitrogen and oxygen atoms in total. The summed E-state index contributed by atoms with van der Waals surface area (Å²) in [7, 11) is 0. The quantitative estimate of drug-likeness (QED) is 0.613. The summed E-state index contributed by atoms with van der Waals surface area (Å²) < 4.78 is 13.2. The topological polar surface area (TPSA) is 91.2 Å². The number of amides is 1. The van der Waals surface area contributed by atoms with Crippen LogP contribution in [0, 0.1) is 6.92 Å². The highest BCUT2D eigenvalue weighted by Crippen LogP contribution is 2.31. The van der Waals surface area contributed by atoms with Gasteiger partial charge >= 0.3 is 0 Å². The van der Waals surface area contributed by atoms with Crippen molar-refractivity contribution in [1.29, 1.82) is 0 Å². The zero-order valence-corrected chi connectivity index (χ0v) is 16.3. The van der Waals surface area contributed by atoms with E-state index in [0.717, 1.165) is 24.3 Å². The lowest BCUT2D eigenvalue weighted by atomic mass is 10.2. The maximum atomic E-state index is 12.2. The number of nitrogens with one attached hydrogen (secondary N) is 1. The fourth-order valence-electron chi connectivity index (χ4n) is 2.96. The number of aromatic nitrogens is 4. The van der Waals surface area contributed by atoms with Gasteiger partial charge in [0.2, 0.25) is 0 Å². The van der Waals surface area contributed by atoms with Crippen molar-refractivity contribution in [3.05, 3.63) is 52.2 Å². The van der Waals surface area contributed by atoms with Gasteiger partial charge < -0.3 is 14.8 Å². The second-order valence-corrected chi connectivity index (χ2v) is 7.48. The molecule has 3 heterocycles. The van der Waals surface area contributed by atoms with Gasteiger partial charge in [0, 0.05) is 11.4 Å². The maximum absolute atomic E-state index is 12.2. The normalized spacial score (nSPS) is 15.4. The second-order valence-electron chi connectivity index (χ2n) is 6.54. The molecule has 0 fully saturated rings. The Bertz CT molecular complexity index is 954. The number of carbonyl (C=O) groups is 1. The molecule has 4 rings (SSSR count). The minimum Gasteiger partial charge on any atom is -0.486 e. The molecule has 0 radical (unpaired) electrons. The van der Waals surface area contributed by atoms with E-state index in [1.807, 2.05) is 36.7 Å². The van der Waals surface area contributed by atoms with Gasteiger partial charge in [-0.05, 0) is 31.9 Å². The number of rotatable bonds is 7. The monoisotopic (exact) mass is 399 g/mol. The summed E-state index contributed by atoms with van der Waals surface area (Å²) in [4.78, 5) is 17.7. The van der Waals surface area contributed by atoms with Crippen LogP contribution in [0.4, 0.5) is 0 Å². The van der Waals surface area contributed by atoms with Crippen molar-refractivity contribution in [1.82, 2.24) is 25.3 Å². The van der Waals surface area contributed by atoms with Crippen molar-refractivity contribution in [2.45, 2.75) is 32.4 Å². The molecule has 1 atom stereocenters. The van der Waals surface area contributed by atoms with Crippen molar-refractivity contribution in [3.8, 4) is 11.5 Å². The molecule has 2 aromatic heterocycles. The van der Waals surface area contributed by atoms with Crippen molar-refractivity contribution in [3.63, 3.8) is 0 Å². The zero-order valence-electron chi connectivity index (χ0n) is 15.5. The lowest BCUT2D eigenvalue weighted by Crippen LogP contribution is -2.33. The van der Waals surface area contributed by atoms with Gasteiger partial charge in [0.05, 0.1) is 23.9 Å². The number of benzene rings is 1. The molecule has 1 aromatic carbocycles. The van der Waals surface area contributed by atoms with E-state index in [1.165, 1.54) is 4.88 Å². The summed E-state index contributed by atoms with van der Waals surface area (Å²) in [5, 5.41) is 10.9. The Kier molecular flexibility index (Phi) is 5.52. The summed E-state index contributed by atoms with van der Waals surface area (Å²) in [5.74, 6) is 1.23. The van der Waals surface area contributed by atoms with Crippen molar-refractivity contribution in [2.75, 3.05) is 13.2 Å². The maximum Gasteiger partial charge on any atom is 0.273 e. The molecule has 146 valence electrons. The smallest absolute Gasteiger partial charge is 0.273 e. The van der Waals surface area contributed by atoms with E-state index in [4.69, 9.17) is 9.47 Å². The first-order chi connectivity index (χ1) is 13.7. The summed E-state index contributed by atoms with van der Waals surface area (Å²) >= 11 is 1.65. The molecule has 1 amide bonds. The first kappa shape index (κ1) is 18.4. The van der Waals surface area contributed by atoms with E-state index in [0.29, 0.717) is 31.1 Å². The molecule has 3 aromatic rings. The lowest BCUT2D eigenvalue weighted by Gasteiger charge is -2.26. The van der Waals surface area contributed by atoms with E-state index in [1.54, 1.807) is 22.2 Å². The molecule has 9 heteroatoms. The third kappa shape index (κ3) is 4.30. The molecular formula is C19H21N5O3S. The van der Waals surface area contributed by atoms with Crippen LogP contribution in [0.25, 0.3) is 0 Å². The zero-order chi connectivity index (χ0) is 19.3. The van der Waals surface area contributed by atoms with Gasteiger partial charge in [-0.1, -0.05) is 17.3 Å². The van der Waals surface area contributed by atoms with Gasteiger partial charge in [0.15, 0.2) is 23.3 Å². The van der Waals surface area contributed by atoms with Gasteiger partial charge in [-0.15, -0.1) is 16.4 Å². The SMILES string of the molecule is Cc1ncsc1CCCNC(=O)c1cn(CC2COc3ccccc3O2)nn1. The predicted molar refractivity (Wildman–Crippen MR) is 104 cm³/mol. The highest BCUT2D eigenvalue weighted by Gasteiger charge is 2.22. The molecule has 28 heavy (non-hydrogen) atoms. The summed E-state index contributed by atoms with van der Waals surface area (Å²) in [5.41, 5.74) is 3.21. The fraction of sp³-hybridized carbons (Fsp3) is 0.368. The van der Waals surface area contributed by atoms with Crippen LogP contribution in [0.1, 0.15) is 27.5 Å². The highest BCUT2D eigenvalue weighted by molar-refractivity contribution is 7.09. The minimum absolute atomic E-state index is 0.185. The molecule has 1 aliphatic rings. The Labute approximate surface area is 166 Å². The van der Waals surface area contributed by atoms with Gasteiger partial charge in [0.1, 0.15) is 6.61 Å². The van der Waals surface area contributed by atoms with Gasteiger partial charge in [0.25, 0.3) is 5.91 Å². The van der Waals surface area contributed by atoms with Crippen LogP contribution >= 0.6 is 11.3 Å². The van der Waals surface area contributed by atoms with Crippen molar-refractivity contribution in [2.24, 2.45) is 0 Å². The van der Waals surface area contributed by atoms with Crippen LogP contribution in [0.15, 0.2) is 36.0 Å². The predicted octanol–water partition coefficient (Wildman–Crippen LogP) is 2.25. The van der Waals surface area contributed by atoms with Crippen LogP contribution in [0.5, 0.6) is 11.5 Å². The van der Waals surface area contributed by atoms with Crippen molar-refractivity contribution < 1.29 is 14.3 Å². The van der Waals surface area contributed by atoms with Crippen LogP contribution < -0.4 is 14.8 Å². The fourth-order valence-corrected chi connectivity index (χ4v) is 3.78. The Balaban J connectivity index is 1.25. The van der Waals surface area contributed by atoms with Crippen molar-refractivity contribution >= 4 is 17.2 Å². The second kappa shape index (κ2) is 8.39. The number of para-hydroxylation sites is 2. The number of thiazole rings is 1. The Morgan fingerprint density at radius 3 is 3.04 bits per heavy atom. The molecule has 0 spiro atoms. The van der Waals surface area contributed by atoms with Crippen LogP contribution in [-0.2, 0) is 13.0 Å². The largest absolute Gasteiger partial charge is 0.486 e. The minimum atomic E-state index is -0.224. The van der Waals surface area contributed by atoms with E-state index < -0.39 is 0 Å². The lowest BCUT2D eigenvalue weighted by molar-refractivity contribution is 0.0754. The summed E-state index contributed by atoms with van der Waals surface area (Å²) in [6.45, 7) is 3.47. The third-order valence-electron chi connectivity index (χ3n) is 4.44. The van der Waals surface area contributed by atoms with Gasteiger partial charge in [-0.2, -0.15) is 0 Å².